The molecule has 11 nitrogen and oxygen atoms in total. The molecule has 0 radical (unpaired) electrons. The van der Waals surface area contributed by atoms with Crippen molar-refractivity contribution >= 4 is 27.8 Å². The average Bonchev–Trinajstić information content (AvgIpc) is 3.30. The lowest BCUT2D eigenvalue weighted by atomic mass is 9.98. The highest BCUT2D eigenvalue weighted by atomic mass is 32.2. The summed E-state index contributed by atoms with van der Waals surface area (Å²) in [5.41, 5.74) is 1.65. The predicted octanol–water partition coefficient (Wildman–Crippen LogP) is 10.4. The molecule has 4 aliphatic rings. The summed E-state index contributed by atoms with van der Waals surface area (Å²) in [5, 5.41) is -0.429. The molecule has 0 N–H and O–H groups in total. The van der Waals surface area contributed by atoms with E-state index in [2.05, 4.69) is 67.7 Å². The second-order valence-corrected chi connectivity index (χ2v) is 32.1. The molecule has 0 aromatic heterocycles. The van der Waals surface area contributed by atoms with Crippen molar-refractivity contribution in [1.29, 1.82) is 0 Å². The Balaban J connectivity index is 1.21. The molecule has 358 valence electrons. The van der Waals surface area contributed by atoms with Crippen LogP contribution in [0.15, 0.2) is 121 Å². The van der Waals surface area contributed by atoms with E-state index in [1.807, 2.05) is 121 Å². The fraction of sp³-hybridized carbons (Fsp3) is 0.538. The van der Waals surface area contributed by atoms with Crippen LogP contribution in [0.25, 0.3) is 0 Å². The summed E-state index contributed by atoms with van der Waals surface area (Å²) < 4.78 is 86.0. The lowest BCUT2D eigenvalue weighted by molar-refractivity contribution is -0.329. The minimum atomic E-state index is -2.64. The normalized spacial score (nSPS) is 31.4. The zero-order chi connectivity index (χ0) is 46.9. The first-order valence-electron chi connectivity index (χ1n) is 23.4. The molecule has 4 heterocycles. The molecule has 8 rings (SSSR count). The molecule has 4 aromatic carbocycles. The van der Waals surface area contributed by atoms with Gasteiger partial charge in [-0.1, -0.05) is 163 Å². The van der Waals surface area contributed by atoms with Crippen LogP contribution in [0, 0.1) is 0 Å². The van der Waals surface area contributed by atoms with Gasteiger partial charge in [-0.05, 0) is 47.4 Å². The molecule has 66 heavy (non-hydrogen) atoms. The zero-order valence-electron chi connectivity index (χ0n) is 40.2. The second-order valence-electron chi connectivity index (χ2n) is 21.0. The van der Waals surface area contributed by atoms with E-state index in [1.54, 1.807) is 0 Å². The van der Waals surface area contributed by atoms with Gasteiger partial charge in [0.1, 0.15) is 48.8 Å². The number of rotatable bonds is 14. The monoisotopic (exact) mass is 958 g/mol. The van der Waals surface area contributed by atoms with Crippen molar-refractivity contribution < 1.29 is 51.3 Å². The zero-order valence-corrected chi connectivity index (χ0v) is 43.0. The molecule has 12 atom stereocenters. The van der Waals surface area contributed by atoms with Gasteiger partial charge in [0.05, 0.1) is 26.4 Å². The van der Waals surface area contributed by atoms with Gasteiger partial charge < -0.3 is 51.3 Å². The molecule has 0 bridgehead atoms. The van der Waals surface area contributed by atoms with E-state index in [0.717, 1.165) is 22.3 Å². The maximum Gasteiger partial charge on any atom is 0.246 e. The standard InChI is InChI=1S/C52H70O11SSi2/c1-51(2,3)65(7,8)62-45-43(54-31-35-23-15-11-16-24-35)41-39(33-56-47(60-41)37-27-19-13-20-28-37)58-49(45)64(53)50-46(63-66(9,10)52(4,5)6)44(55-32-36-25-17-12-18-26-36)42-40(59-50)34-57-48(61-42)38-29-21-14-22-30-38/h11-30,39-50H,31-34H2,1-10H3/t39-,40-,41-,42-,43+,44+,45+,46+,47?,48?,49-,50-,64?/m1/s1. The number of hydrogen-bond acceptors (Lipinski definition) is 11. The van der Waals surface area contributed by atoms with Crippen molar-refractivity contribution in [2.24, 2.45) is 0 Å². The Bertz CT molecular complexity index is 1970. The molecule has 2 unspecified atom stereocenters. The smallest absolute Gasteiger partial charge is 0.246 e. The molecule has 4 fully saturated rings. The van der Waals surface area contributed by atoms with Crippen LogP contribution in [-0.4, -0.2) is 94.1 Å². The van der Waals surface area contributed by atoms with E-state index in [-0.39, 0.29) is 36.5 Å². The van der Waals surface area contributed by atoms with Crippen LogP contribution < -0.4 is 0 Å². The Morgan fingerprint density at radius 2 is 0.833 bits per heavy atom. The second kappa shape index (κ2) is 20.7. The van der Waals surface area contributed by atoms with Crippen molar-refractivity contribution in [3.63, 3.8) is 0 Å². The number of fused-ring (bicyclic) bond motifs is 2. The topological polar surface area (TPSA) is 115 Å². The van der Waals surface area contributed by atoms with Crippen molar-refractivity contribution in [3.8, 4) is 0 Å². The molecule has 14 heteroatoms. The minimum Gasteiger partial charge on any atom is -0.612 e. The third kappa shape index (κ3) is 11.1. The average molecular weight is 959 g/mol. The molecule has 4 saturated heterocycles. The minimum absolute atomic E-state index is 0.182. The molecular formula is C52H70O11SSi2. The van der Waals surface area contributed by atoms with Crippen LogP contribution in [0.1, 0.15) is 76.4 Å². The van der Waals surface area contributed by atoms with Gasteiger partial charge >= 0.3 is 0 Å². The highest BCUT2D eigenvalue weighted by Crippen LogP contribution is 2.48. The summed E-state index contributed by atoms with van der Waals surface area (Å²) in [6.07, 6.45) is -6.97. The Kier molecular flexibility index (Phi) is 15.5. The summed E-state index contributed by atoms with van der Waals surface area (Å²) in [7, 11) is -5.28. The fourth-order valence-electron chi connectivity index (χ4n) is 8.36. The molecule has 0 saturated carbocycles. The molecule has 4 aliphatic heterocycles. The molecule has 0 aliphatic carbocycles. The SMILES string of the molecule is CC(C)(C)[Si](C)(C)O[C@H]1[C@@H](OCc2ccccc2)[C@@H]2OC(c3ccccc3)OC[C@H]2O[C@@H]1[S+]([O-])[C@H]1O[C@@H]2COC(c3ccccc3)O[C@H]2[C@H](OCc2ccccc2)[C@@H]1O[Si](C)(C)C(C)(C)C. The van der Waals surface area contributed by atoms with Gasteiger partial charge in [0.15, 0.2) is 29.2 Å². The highest BCUT2D eigenvalue weighted by molar-refractivity contribution is 7.92. The lowest BCUT2D eigenvalue weighted by Gasteiger charge is -2.54. The van der Waals surface area contributed by atoms with E-state index < -0.39 is 100 Å². The van der Waals surface area contributed by atoms with Gasteiger partial charge in [-0.2, -0.15) is 0 Å². The summed E-state index contributed by atoms with van der Waals surface area (Å²) in [6.45, 7) is 22.9. The van der Waals surface area contributed by atoms with Crippen molar-refractivity contribution in [2.75, 3.05) is 13.2 Å². The predicted molar refractivity (Wildman–Crippen MR) is 260 cm³/mol. The molecule has 4 aromatic rings. The van der Waals surface area contributed by atoms with E-state index in [1.165, 1.54) is 0 Å². The van der Waals surface area contributed by atoms with Crippen LogP contribution in [0.4, 0.5) is 0 Å². The van der Waals surface area contributed by atoms with E-state index >= 15 is 4.55 Å². The summed E-state index contributed by atoms with van der Waals surface area (Å²) in [4.78, 5) is 0. The summed E-state index contributed by atoms with van der Waals surface area (Å²) in [5.74, 6) is 0. The Hall–Kier alpha value is -2.78. The third-order valence-corrected chi connectivity index (χ3v) is 24.8. The quantitative estimate of drug-likeness (QED) is 0.0889. The van der Waals surface area contributed by atoms with Gasteiger partial charge in [0, 0.05) is 22.3 Å². The first kappa shape index (κ1) is 49.6. The summed E-state index contributed by atoms with van der Waals surface area (Å²) in [6, 6.07) is 39.9. The van der Waals surface area contributed by atoms with E-state index in [4.69, 9.17) is 46.7 Å². The van der Waals surface area contributed by atoms with Crippen molar-refractivity contribution in [1.82, 2.24) is 0 Å². The largest absolute Gasteiger partial charge is 0.612 e. The van der Waals surface area contributed by atoms with Gasteiger partial charge in [-0.3, -0.25) is 0 Å². The van der Waals surface area contributed by atoms with Crippen LogP contribution in [-0.2, 0) is 71.1 Å². The third-order valence-electron chi connectivity index (χ3n) is 14.2. The fourth-order valence-corrected chi connectivity index (χ4v) is 12.9. The van der Waals surface area contributed by atoms with Crippen molar-refractivity contribution in [3.05, 3.63) is 144 Å². The maximum atomic E-state index is 16.3. The number of benzene rings is 4. The van der Waals surface area contributed by atoms with Gasteiger partial charge in [0.25, 0.3) is 0 Å². The highest BCUT2D eigenvalue weighted by Gasteiger charge is 2.63. The Morgan fingerprint density at radius 1 is 0.500 bits per heavy atom. The molecule has 0 spiro atoms. The Morgan fingerprint density at radius 3 is 1.17 bits per heavy atom. The molecule has 0 amide bonds. The van der Waals surface area contributed by atoms with Gasteiger partial charge in [-0.15, -0.1) is 0 Å². The van der Waals surface area contributed by atoms with Crippen LogP contribution in [0.2, 0.25) is 36.3 Å². The lowest BCUT2D eigenvalue weighted by Crippen LogP contribution is -2.71. The van der Waals surface area contributed by atoms with Crippen LogP contribution >= 0.6 is 0 Å². The van der Waals surface area contributed by atoms with Gasteiger partial charge in [-0.25, -0.2) is 0 Å². The van der Waals surface area contributed by atoms with E-state index in [9.17, 15) is 0 Å². The van der Waals surface area contributed by atoms with Crippen molar-refractivity contribution in [2.45, 2.75) is 163 Å². The maximum absolute atomic E-state index is 16.3. The van der Waals surface area contributed by atoms with Crippen LogP contribution in [0.5, 0.6) is 0 Å². The van der Waals surface area contributed by atoms with E-state index in [0.29, 0.717) is 0 Å². The number of hydrogen-bond donors (Lipinski definition) is 0. The Labute approximate surface area is 397 Å². The molecular weight excluding hydrogens is 889 g/mol. The van der Waals surface area contributed by atoms with Gasteiger partial charge in [0.2, 0.25) is 10.9 Å². The summed E-state index contributed by atoms with van der Waals surface area (Å²) >= 11 is -1.97. The number of ether oxygens (including phenoxy) is 8. The first-order valence-corrected chi connectivity index (χ1v) is 30.5. The first-order chi connectivity index (χ1) is 31.4. The van der Waals surface area contributed by atoms with Crippen LogP contribution in [0.3, 0.4) is 0 Å².